The molecule has 108 valence electrons. The SMILES string of the molecule is CC(C)NC1(C#N)CCCC(Sc2nccc(=O)[nH]2)C1. The number of nitrogens with zero attached hydrogens (tertiary/aromatic N) is 2. The molecule has 1 aromatic heterocycles. The summed E-state index contributed by atoms with van der Waals surface area (Å²) < 4.78 is 0. The van der Waals surface area contributed by atoms with Crippen LogP contribution in [0.1, 0.15) is 39.5 Å². The molecule has 0 aliphatic heterocycles. The van der Waals surface area contributed by atoms with Gasteiger partial charge in [0.05, 0.1) is 6.07 Å². The number of nitrogens with one attached hydrogen (secondary N) is 2. The molecule has 5 nitrogen and oxygen atoms in total. The van der Waals surface area contributed by atoms with Crippen molar-refractivity contribution in [2.45, 2.75) is 61.5 Å². The predicted octanol–water partition coefficient (Wildman–Crippen LogP) is 2.06. The summed E-state index contributed by atoms with van der Waals surface area (Å²) in [4.78, 5) is 18.2. The van der Waals surface area contributed by atoms with E-state index in [0.29, 0.717) is 10.4 Å². The Hall–Kier alpha value is -1.32. The number of aromatic nitrogens is 2. The van der Waals surface area contributed by atoms with Crippen molar-refractivity contribution < 1.29 is 0 Å². The van der Waals surface area contributed by atoms with Crippen molar-refractivity contribution in [2.75, 3.05) is 0 Å². The Morgan fingerprint density at radius 3 is 3.10 bits per heavy atom. The molecule has 1 saturated carbocycles. The molecule has 0 bridgehead atoms. The normalized spacial score (nSPS) is 26.4. The molecule has 1 aromatic rings. The van der Waals surface area contributed by atoms with Crippen molar-refractivity contribution in [1.29, 1.82) is 5.26 Å². The highest BCUT2D eigenvalue weighted by atomic mass is 32.2. The predicted molar refractivity (Wildman–Crippen MR) is 79.6 cm³/mol. The van der Waals surface area contributed by atoms with Gasteiger partial charge in [-0.2, -0.15) is 5.26 Å². The fourth-order valence-corrected chi connectivity index (χ4v) is 3.96. The lowest BCUT2D eigenvalue weighted by Gasteiger charge is -2.37. The molecule has 2 atom stereocenters. The fraction of sp³-hybridized carbons (Fsp3) is 0.643. The minimum absolute atomic E-state index is 0.134. The largest absolute Gasteiger partial charge is 0.301 e. The van der Waals surface area contributed by atoms with Crippen LogP contribution in [0.4, 0.5) is 0 Å². The Bertz CT molecular complexity index is 551. The van der Waals surface area contributed by atoms with E-state index < -0.39 is 5.54 Å². The topological polar surface area (TPSA) is 81.6 Å². The van der Waals surface area contributed by atoms with Crippen molar-refractivity contribution in [3.63, 3.8) is 0 Å². The van der Waals surface area contributed by atoms with Gasteiger partial charge in [-0.15, -0.1) is 0 Å². The Balaban J connectivity index is 2.06. The quantitative estimate of drug-likeness (QED) is 0.830. The third-order valence-electron chi connectivity index (χ3n) is 3.41. The second-order valence-electron chi connectivity index (χ2n) is 5.57. The van der Waals surface area contributed by atoms with Gasteiger partial charge >= 0.3 is 0 Å². The van der Waals surface area contributed by atoms with E-state index in [1.807, 2.05) is 0 Å². The fourth-order valence-electron chi connectivity index (χ4n) is 2.71. The maximum Gasteiger partial charge on any atom is 0.251 e. The first kappa shape index (κ1) is 15.1. The summed E-state index contributed by atoms with van der Waals surface area (Å²) in [5, 5.41) is 13.9. The van der Waals surface area contributed by atoms with Crippen LogP contribution in [0, 0.1) is 11.3 Å². The van der Waals surface area contributed by atoms with Gasteiger partial charge in [0.25, 0.3) is 5.56 Å². The first-order valence-electron chi connectivity index (χ1n) is 6.94. The number of rotatable bonds is 4. The number of hydrogen-bond acceptors (Lipinski definition) is 5. The smallest absolute Gasteiger partial charge is 0.251 e. The third kappa shape index (κ3) is 3.84. The monoisotopic (exact) mass is 292 g/mol. The van der Waals surface area contributed by atoms with Crippen molar-refractivity contribution >= 4 is 11.8 Å². The van der Waals surface area contributed by atoms with E-state index in [9.17, 15) is 10.1 Å². The summed E-state index contributed by atoms with van der Waals surface area (Å²) in [6.45, 7) is 4.12. The number of H-pyrrole nitrogens is 1. The molecule has 2 N–H and O–H groups in total. The molecule has 20 heavy (non-hydrogen) atoms. The van der Waals surface area contributed by atoms with E-state index in [1.54, 1.807) is 11.8 Å². The van der Waals surface area contributed by atoms with Crippen LogP contribution in [-0.4, -0.2) is 26.8 Å². The number of nitriles is 1. The molecule has 1 aliphatic carbocycles. The molecule has 2 rings (SSSR count). The van der Waals surface area contributed by atoms with Gasteiger partial charge in [0.2, 0.25) is 0 Å². The Morgan fingerprint density at radius 2 is 2.45 bits per heavy atom. The number of aromatic amines is 1. The highest BCUT2D eigenvalue weighted by Crippen LogP contribution is 2.37. The van der Waals surface area contributed by atoms with Crippen LogP contribution in [0.2, 0.25) is 0 Å². The lowest BCUT2D eigenvalue weighted by molar-refractivity contribution is 0.284. The Morgan fingerprint density at radius 1 is 1.65 bits per heavy atom. The maximum atomic E-state index is 11.3. The van der Waals surface area contributed by atoms with Crippen LogP contribution in [-0.2, 0) is 0 Å². The second-order valence-corrected chi connectivity index (χ2v) is 6.86. The average molecular weight is 292 g/mol. The van der Waals surface area contributed by atoms with Gasteiger partial charge in [0.1, 0.15) is 5.54 Å². The zero-order valence-electron chi connectivity index (χ0n) is 11.8. The summed E-state index contributed by atoms with van der Waals surface area (Å²) >= 11 is 1.57. The van der Waals surface area contributed by atoms with E-state index >= 15 is 0 Å². The summed E-state index contributed by atoms with van der Waals surface area (Å²) in [5.74, 6) is 0. The van der Waals surface area contributed by atoms with Crippen LogP contribution in [0.25, 0.3) is 0 Å². The highest BCUT2D eigenvalue weighted by molar-refractivity contribution is 7.99. The summed E-state index contributed by atoms with van der Waals surface area (Å²) in [6.07, 6.45) is 5.25. The average Bonchev–Trinajstić information content (AvgIpc) is 2.38. The van der Waals surface area contributed by atoms with Gasteiger partial charge in [-0.25, -0.2) is 4.98 Å². The van der Waals surface area contributed by atoms with Crippen LogP contribution in [0.5, 0.6) is 0 Å². The minimum atomic E-state index is -0.445. The molecule has 0 saturated heterocycles. The van der Waals surface area contributed by atoms with E-state index in [2.05, 4.69) is 35.2 Å². The molecule has 0 amide bonds. The van der Waals surface area contributed by atoms with E-state index in [1.165, 1.54) is 12.3 Å². The Kier molecular flexibility index (Phi) is 4.84. The first-order chi connectivity index (χ1) is 9.53. The molecule has 6 heteroatoms. The first-order valence-corrected chi connectivity index (χ1v) is 7.82. The standard InChI is InChI=1S/C14H20N4OS/c1-10(2)18-14(9-15)6-3-4-11(8-14)20-13-16-7-5-12(19)17-13/h5,7,10-11,18H,3-4,6,8H2,1-2H3,(H,16,17,19). The zero-order chi connectivity index (χ0) is 14.6. The zero-order valence-corrected chi connectivity index (χ0v) is 12.7. The van der Waals surface area contributed by atoms with Crippen molar-refractivity contribution in [2.24, 2.45) is 0 Å². The molecule has 0 aromatic carbocycles. The highest BCUT2D eigenvalue weighted by Gasteiger charge is 2.37. The minimum Gasteiger partial charge on any atom is -0.301 e. The molecule has 1 heterocycles. The van der Waals surface area contributed by atoms with E-state index in [4.69, 9.17) is 0 Å². The summed E-state index contributed by atoms with van der Waals surface area (Å²) in [7, 11) is 0. The van der Waals surface area contributed by atoms with Crippen LogP contribution in [0.3, 0.4) is 0 Å². The molecular formula is C14H20N4OS. The summed E-state index contributed by atoms with van der Waals surface area (Å²) in [6, 6.07) is 4.15. The lowest BCUT2D eigenvalue weighted by Crippen LogP contribution is -2.51. The molecule has 2 unspecified atom stereocenters. The van der Waals surface area contributed by atoms with Crippen LogP contribution >= 0.6 is 11.8 Å². The molecule has 0 radical (unpaired) electrons. The van der Waals surface area contributed by atoms with Crippen molar-refractivity contribution in [3.05, 3.63) is 22.6 Å². The second kappa shape index (κ2) is 6.42. The van der Waals surface area contributed by atoms with Gasteiger partial charge in [-0.1, -0.05) is 11.8 Å². The van der Waals surface area contributed by atoms with Crippen LogP contribution < -0.4 is 10.9 Å². The van der Waals surface area contributed by atoms with Gasteiger partial charge in [0, 0.05) is 23.6 Å². The lowest BCUT2D eigenvalue weighted by atomic mass is 9.82. The molecule has 1 fully saturated rings. The van der Waals surface area contributed by atoms with E-state index in [0.717, 1.165) is 25.7 Å². The molecular weight excluding hydrogens is 272 g/mol. The van der Waals surface area contributed by atoms with Gasteiger partial charge in [0.15, 0.2) is 5.16 Å². The number of hydrogen-bond donors (Lipinski definition) is 2. The van der Waals surface area contributed by atoms with Crippen LogP contribution in [0.15, 0.2) is 22.2 Å². The molecule has 1 aliphatic rings. The molecule has 0 spiro atoms. The summed E-state index contributed by atoms with van der Waals surface area (Å²) in [5.41, 5.74) is -0.579. The van der Waals surface area contributed by atoms with Gasteiger partial charge in [-0.05, 0) is 39.5 Å². The van der Waals surface area contributed by atoms with Crippen molar-refractivity contribution in [3.8, 4) is 6.07 Å². The van der Waals surface area contributed by atoms with Gasteiger partial charge < -0.3 is 4.98 Å². The number of thioether (sulfide) groups is 1. The third-order valence-corrected chi connectivity index (χ3v) is 4.58. The Labute approximate surface area is 123 Å². The van der Waals surface area contributed by atoms with Gasteiger partial charge in [-0.3, -0.25) is 10.1 Å². The van der Waals surface area contributed by atoms with E-state index in [-0.39, 0.29) is 11.6 Å². The maximum absolute atomic E-state index is 11.3. The van der Waals surface area contributed by atoms with Crippen molar-refractivity contribution in [1.82, 2.24) is 15.3 Å².